The Morgan fingerprint density at radius 3 is 2.31 bits per heavy atom. The molecule has 0 aromatic heterocycles. The molecule has 0 bridgehead atoms. The van der Waals surface area contributed by atoms with Gasteiger partial charge in [0, 0.05) is 5.57 Å². The average Bonchev–Trinajstić information content (AvgIpc) is 2.23. The number of carbonyl (C=O) groups is 1. The second-order valence-electron chi connectivity index (χ2n) is 4.69. The number of allylic oxidation sites excluding steroid dienone is 1. The Balaban J connectivity index is 3.54. The van der Waals surface area contributed by atoms with Gasteiger partial charge in [0.15, 0.2) is 0 Å². The monoisotopic (exact) mass is 226 g/mol. The van der Waals surface area contributed by atoms with Crippen LogP contribution in [0.4, 0.5) is 0 Å². The molecule has 1 atom stereocenters. The first kappa shape index (κ1) is 15.2. The van der Waals surface area contributed by atoms with Crippen LogP contribution < -0.4 is 0 Å². The van der Waals surface area contributed by atoms with Crippen molar-refractivity contribution >= 4 is 5.97 Å². The van der Waals surface area contributed by atoms with Gasteiger partial charge in [-0.2, -0.15) is 0 Å². The Morgan fingerprint density at radius 1 is 1.19 bits per heavy atom. The zero-order chi connectivity index (χ0) is 12.4. The fourth-order valence-corrected chi connectivity index (χ4v) is 1.83. The zero-order valence-electron chi connectivity index (χ0n) is 11.0. The van der Waals surface area contributed by atoms with Crippen LogP contribution in [0, 0.1) is 5.92 Å². The third-order valence-electron chi connectivity index (χ3n) is 2.88. The second kappa shape index (κ2) is 9.44. The number of rotatable bonds is 9. The molecule has 0 aliphatic heterocycles. The second-order valence-corrected chi connectivity index (χ2v) is 4.69. The summed E-state index contributed by atoms with van der Waals surface area (Å²) in [7, 11) is 0. The molecule has 0 fully saturated rings. The SMILES string of the molecule is CCCCCCCCC(C)C=C(C)C(=O)O. The molecule has 0 rings (SSSR count). The van der Waals surface area contributed by atoms with Gasteiger partial charge in [-0.05, 0) is 19.3 Å². The van der Waals surface area contributed by atoms with Crippen LogP contribution in [0.25, 0.3) is 0 Å². The third kappa shape index (κ3) is 8.51. The van der Waals surface area contributed by atoms with Gasteiger partial charge >= 0.3 is 5.97 Å². The molecule has 0 aromatic carbocycles. The van der Waals surface area contributed by atoms with Crippen LogP contribution in [0.3, 0.4) is 0 Å². The number of carboxylic acids is 1. The van der Waals surface area contributed by atoms with Gasteiger partial charge in [-0.25, -0.2) is 4.79 Å². The highest BCUT2D eigenvalue weighted by molar-refractivity contribution is 5.85. The summed E-state index contributed by atoms with van der Waals surface area (Å²) in [6.45, 7) is 5.99. The van der Waals surface area contributed by atoms with Gasteiger partial charge in [0.2, 0.25) is 0 Å². The number of hydrogen-bond donors (Lipinski definition) is 1. The van der Waals surface area contributed by atoms with Crippen molar-refractivity contribution in [1.29, 1.82) is 0 Å². The largest absolute Gasteiger partial charge is 0.478 e. The van der Waals surface area contributed by atoms with Crippen molar-refractivity contribution in [3.05, 3.63) is 11.6 Å². The summed E-state index contributed by atoms with van der Waals surface area (Å²) in [4.78, 5) is 10.6. The van der Waals surface area contributed by atoms with Gasteiger partial charge in [-0.15, -0.1) is 0 Å². The van der Waals surface area contributed by atoms with E-state index in [-0.39, 0.29) is 0 Å². The van der Waals surface area contributed by atoms with E-state index in [0.717, 1.165) is 6.42 Å². The Bertz CT molecular complexity index is 219. The maximum absolute atomic E-state index is 10.6. The first-order valence-corrected chi connectivity index (χ1v) is 6.49. The van der Waals surface area contributed by atoms with Gasteiger partial charge < -0.3 is 5.11 Å². The Hall–Kier alpha value is -0.790. The summed E-state index contributed by atoms with van der Waals surface area (Å²) in [5.41, 5.74) is 0.471. The van der Waals surface area contributed by atoms with E-state index in [9.17, 15) is 4.79 Å². The molecule has 16 heavy (non-hydrogen) atoms. The summed E-state index contributed by atoms with van der Waals surface area (Å²) in [5, 5.41) is 8.73. The van der Waals surface area contributed by atoms with Gasteiger partial charge in [-0.3, -0.25) is 0 Å². The van der Waals surface area contributed by atoms with Crippen molar-refractivity contribution in [3.8, 4) is 0 Å². The minimum atomic E-state index is -0.796. The van der Waals surface area contributed by atoms with Crippen molar-refractivity contribution in [2.75, 3.05) is 0 Å². The first-order chi connectivity index (χ1) is 7.57. The number of aliphatic carboxylic acids is 1. The van der Waals surface area contributed by atoms with Crippen molar-refractivity contribution in [3.63, 3.8) is 0 Å². The smallest absolute Gasteiger partial charge is 0.330 e. The van der Waals surface area contributed by atoms with E-state index in [1.54, 1.807) is 6.92 Å². The van der Waals surface area contributed by atoms with Crippen molar-refractivity contribution in [1.82, 2.24) is 0 Å². The standard InChI is InChI=1S/C14H26O2/c1-4-5-6-7-8-9-10-12(2)11-13(3)14(15)16/h11-12H,4-10H2,1-3H3,(H,15,16). The van der Waals surface area contributed by atoms with E-state index in [4.69, 9.17) is 5.11 Å². The Labute approximate surface area is 99.7 Å². The molecule has 0 spiro atoms. The fraction of sp³-hybridized carbons (Fsp3) is 0.786. The molecule has 0 aromatic rings. The van der Waals surface area contributed by atoms with Crippen LogP contribution in [0.15, 0.2) is 11.6 Å². The lowest BCUT2D eigenvalue weighted by atomic mass is 10.00. The average molecular weight is 226 g/mol. The van der Waals surface area contributed by atoms with E-state index >= 15 is 0 Å². The lowest BCUT2D eigenvalue weighted by Crippen LogP contribution is -1.99. The first-order valence-electron chi connectivity index (χ1n) is 6.49. The molecule has 1 unspecified atom stereocenters. The molecule has 0 amide bonds. The zero-order valence-corrected chi connectivity index (χ0v) is 11.0. The Kier molecular flexibility index (Phi) is 8.97. The Morgan fingerprint density at radius 2 is 1.75 bits per heavy atom. The third-order valence-corrected chi connectivity index (χ3v) is 2.88. The van der Waals surface area contributed by atoms with Crippen molar-refractivity contribution < 1.29 is 9.90 Å². The van der Waals surface area contributed by atoms with E-state index < -0.39 is 5.97 Å². The van der Waals surface area contributed by atoms with Crippen LogP contribution in [-0.2, 0) is 4.79 Å². The minimum Gasteiger partial charge on any atom is -0.478 e. The molecule has 0 heterocycles. The van der Waals surface area contributed by atoms with E-state index in [0.29, 0.717) is 11.5 Å². The highest BCUT2D eigenvalue weighted by Crippen LogP contribution is 2.14. The number of carboxylic acid groups (broad SMARTS) is 1. The molecule has 2 nitrogen and oxygen atoms in total. The quantitative estimate of drug-likeness (QED) is 0.467. The van der Waals surface area contributed by atoms with Crippen LogP contribution in [0.2, 0.25) is 0 Å². The van der Waals surface area contributed by atoms with Gasteiger partial charge in [-0.1, -0.05) is 58.4 Å². The van der Waals surface area contributed by atoms with Crippen LogP contribution >= 0.6 is 0 Å². The number of unbranched alkanes of at least 4 members (excludes halogenated alkanes) is 5. The molecule has 0 aliphatic rings. The topological polar surface area (TPSA) is 37.3 Å². The maximum Gasteiger partial charge on any atom is 0.330 e. The molecule has 0 radical (unpaired) electrons. The molecule has 1 N–H and O–H groups in total. The lowest BCUT2D eigenvalue weighted by Gasteiger charge is -2.06. The van der Waals surface area contributed by atoms with Crippen LogP contribution in [-0.4, -0.2) is 11.1 Å². The fourth-order valence-electron chi connectivity index (χ4n) is 1.83. The lowest BCUT2D eigenvalue weighted by molar-refractivity contribution is -0.132. The molecule has 2 heteroatoms. The molecular formula is C14H26O2. The molecule has 0 saturated heterocycles. The normalized spacial score (nSPS) is 13.8. The number of hydrogen-bond acceptors (Lipinski definition) is 1. The van der Waals surface area contributed by atoms with Crippen molar-refractivity contribution in [2.45, 2.75) is 65.7 Å². The van der Waals surface area contributed by atoms with Gasteiger partial charge in [0.25, 0.3) is 0 Å². The summed E-state index contributed by atoms with van der Waals surface area (Å²) in [6.07, 6.45) is 10.8. The minimum absolute atomic E-state index is 0.391. The van der Waals surface area contributed by atoms with Gasteiger partial charge in [0.05, 0.1) is 0 Å². The maximum atomic E-state index is 10.6. The van der Waals surface area contributed by atoms with Crippen LogP contribution in [0.1, 0.15) is 65.7 Å². The van der Waals surface area contributed by atoms with E-state index in [1.165, 1.54) is 38.5 Å². The summed E-state index contributed by atoms with van der Waals surface area (Å²) >= 11 is 0. The highest BCUT2D eigenvalue weighted by Gasteiger charge is 2.03. The predicted molar refractivity (Wildman–Crippen MR) is 68.5 cm³/mol. The van der Waals surface area contributed by atoms with Crippen LogP contribution in [0.5, 0.6) is 0 Å². The predicted octanol–water partition coefficient (Wildman–Crippen LogP) is 4.40. The van der Waals surface area contributed by atoms with E-state index in [2.05, 4.69) is 13.8 Å². The summed E-state index contributed by atoms with van der Waals surface area (Å²) in [6, 6.07) is 0. The molecule has 0 aliphatic carbocycles. The van der Waals surface area contributed by atoms with E-state index in [1.807, 2.05) is 6.08 Å². The van der Waals surface area contributed by atoms with Crippen molar-refractivity contribution in [2.24, 2.45) is 5.92 Å². The summed E-state index contributed by atoms with van der Waals surface area (Å²) in [5.74, 6) is -0.405. The van der Waals surface area contributed by atoms with Gasteiger partial charge in [0.1, 0.15) is 0 Å². The highest BCUT2D eigenvalue weighted by atomic mass is 16.4. The molecular weight excluding hydrogens is 200 g/mol. The summed E-state index contributed by atoms with van der Waals surface area (Å²) < 4.78 is 0. The molecule has 94 valence electrons. The molecule has 0 saturated carbocycles.